The largest absolute Gasteiger partial charge is 4.00 e. The van der Waals surface area contributed by atoms with Crippen molar-refractivity contribution in [3.05, 3.63) is 47.2 Å². The third-order valence-electron chi connectivity index (χ3n) is 2.34. The Bertz CT molecular complexity index is 254. The molecular weight excluding hydrogens is 437 g/mol. The Hall–Kier alpha value is 0.230. The van der Waals surface area contributed by atoms with E-state index >= 15 is 0 Å². The summed E-state index contributed by atoms with van der Waals surface area (Å²) in [6.45, 7) is 7.51. The Morgan fingerprint density at radius 2 is 1.50 bits per heavy atom. The quantitative estimate of drug-likeness (QED) is 0.271. The van der Waals surface area contributed by atoms with Gasteiger partial charge in [0.05, 0.1) is 0 Å². The predicted molar refractivity (Wildman–Crippen MR) is 100 cm³/mol. The average Bonchev–Trinajstić information content (AvgIpc) is 2.82. The molecule has 0 heterocycles. The summed E-state index contributed by atoms with van der Waals surface area (Å²) in [7, 11) is 7.00. The molecule has 128 valence electrons. The molecule has 0 atom stereocenters. The zero-order chi connectivity index (χ0) is 15.9. The summed E-state index contributed by atoms with van der Waals surface area (Å²) in [6, 6.07) is 0. The summed E-state index contributed by atoms with van der Waals surface area (Å²) in [5.41, 5.74) is 1.73. The fraction of sp³-hybridized carbons (Fsp3) is 0.722. The fourth-order valence-corrected chi connectivity index (χ4v) is 1.56. The van der Waals surface area contributed by atoms with Gasteiger partial charge in [-0.1, -0.05) is 57.4 Å². The Labute approximate surface area is 159 Å². The number of allylic oxidation sites excluding steroid dienone is 4. The van der Waals surface area contributed by atoms with Gasteiger partial charge in [0.1, 0.15) is 0 Å². The number of nitrogens with zero attached hydrogens (tertiary/aromatic N) is 3. The van der Waals surface area contributed by atoms with E-state index < -0.39 is 0 Å². The minimum absolute atomic E-state index is 0. The van der Waals surface area contributed by atoms with Crippen LogP contribution in [0.15, 0.2) is 23.8 Å². The van der Waals surface area contributed by atoms with Crippen molar-refractivity contribution in [3.63, 3.8) is 0 Å². The van der Waals surface area contributed by atoms with Crippen LogP contribution in [0.2, 0.25) is 0 Å². The second kappa shape index (κ2) is 21.2. The molecule has 1 rings (SSSR count). The second-order valence-corrected chi connectivity index (χ2v) is 5.86. The molecule has 0 radical (unpaired) electrons. The molecule has 0 amide bonds. The van der Waals surface area contributed by atoms with Gasteiger partial charge in [0.15, 0.2) is 0 Å². The summed E-state index contributed by atoms with van der Waals surface area (Å²) in [5, 5.41) is 11.6. The van der Waals surface area contributed by atoms with Gasteiger partial charge < -0.3 is 23.4 Å². The number of unbranched alkanes of at least 4 members (excludes halogenated alkanes) is 1. The van der Waals surface area contributed by atoms with Gasteiger partial charge in [-0.2, -0.15) is 28.2 Å². The second-order valence-electron chi connectivity index (χ2n) is 5.86. The van der Waals surface area contributed by atoms with Crippen LogP contribution in [0.5, 0.6) is 0 Å². The van der Waals surface area contributed by atoms with E-state index in [1.165, 1.54) is 25.7 Å². The van der Waals surface area contributed by atoms with Gasteiger partial charge in [0.25, 0.3) is 0 Å². The van der Waals surface area contributed by atoms with Gasteiger partial charge in [-0.25, -0.2) is 0 Å². The molecular formula is C18H37HfN3. The molecule has 4 heteroatoms. The van der Waals surface area contributed by atoms with Crippen molar-refractivity contribution in [2.75, 3.05) is 34.7 Å². The van der Waals surface area contributed by atoms with Crippen LogP contribution >= 0.6 is 0 Å². The molecule has 1 aliphatic rings. The van der Waals surface area contributed by atoms with E-state index in [9.17, 15) is 0 Å². The third-order valence-corrected chi connectivity index (χ3v) is 2.34. The molecule has 22 heavy (non-hydrogen) atoms. The molecule has 0 spiro atoms. The molecule has 0 N–H and O–H groups in total. The van der Waals surface area contributed by atoms with Crippen LogP contribution in [0.1, 0.15) is 46.5 Å². The van der Waals surface area contributed by atoms with Gasteiger partial charge in [0, 0.05) is 0 Å². The minimum atomic E-state index is 0. The van der Waals surface area contributed by atoms with E-state index in [-0.39, 0.29) is 38.8 Å². The van der Waals surface area contributed by atoms with E-state index in [0.29, 0.717) is 0 Å². The first kappa shape index (κ1) is 30.1. The van der Waals surface area contributed by atoms with Crippen molar-refractivity contribution in [2.45, 2.75) is 52.0 Å². The summed E-state index contributed by atoms with van der Waals surface area (Å²) in [5.74, 6) is 0. The SMILES string of the molecule is CC(C)(C)[N-]CCCCC1=CC=CC1.C[N-]C.C[N-]C.[CH3-].[Hf+4]. The van der Waals surface area contributed by atoms with Crippen LogP contribution in [-0.4, -0.2) is 40.3 Å². The molecule has 0 unspecified atom stereocenters. The van der Waals surface area contributed by atoms with E-state index in [0.717, 1.165) is 6.54 Å². The summed E-state index contributed by atoms with van der Waals surface area (Å²) in [4.78, 5) is 0. The molecule has 0 bridgehead atoms. The van der Waals surface area contributed by atoms with Crippen molar-refractivity contribution in [2.24, 2.45) is 0 Å². The van der Waals surface area contributed by atoms with Crippen molar-refractivity contribution in [3.8, 4) is 0 Å². The molecule has 0 aromatic carbocycles. The normalized spacial score (nSPS) is 11.9. The van der Waals surface area contributed by atoms with Crippen LogP contribution in [0.4, 0.5) is 0 Å². The number of hydrogen-bond donors (Lipinski definition) is 0. The van der Waals surface area contributed by atoms with Crippen LogP contribution in [0.25, 0.3) is 16.0 Å². The van der Waals surface area contributed by atoms with Gasteiger partial charge >= 0.3 is 25.8 Å². The zero-order valence-corrected chi connectivity index (χ0v) is 19.7. The molecule has 3 nitrogen and oxygen atoms in total. The van der Waals surface area contributed by atoms with Crippen LogP contribution in [0.3, 0.4) is 0 Å². The van der Waals surface area contributed by atoms with Crippen LogP contribution < -0.4 is 0 Å². The van der Waals surface area contributed by atoms with Crippen molar-refractivity contribution < 1.29 is 25.8 Å². The molecule has 1 aliphatic carbocycles. The summed E-state index contributed by atoms with van der Waals surface area (Å²) in [6.07, 6.45) is 11.6. The van der Waals surface area contributed by atoms with E-state index in [2.05, 4.69) is 54.9 Å². The Kier molecular flexibility index (Phi) is 29.1. The van der Waals surface area contributed by atoms with E-state index in [4.69, 9.17) is 0 Å². The first-order chi connectivity index (χ1) is 9.41. The molecule has 0 aromatic rings. The number of rotatable bonds is 5. The predicted octanol–water partition coefficient (Wildman–Crippen LogP) is 5.90. The minimum Gasteiger partial charge on any atom is -0.668 e. The maximum Gasteiger partial charge on any atom is 4.00 e. The Morgan fingerprint density at radius 3 is 1.86 bits per heavy atom. The van der Waals surface area contributed by atoms with Crippen molar-refractivity contribution in [1.29, 1.82) is 0 Å². The fourth-order valence-electron chi connectivity index (χ4n) is 1.56. The monoisotopic (exact) mass is 475 g/mol. The van der Waals surface area contributed by atoms with E-state index in [1.807, 2.05) is 0 Å². The first-order valence-electron chi connectivity index (χ1n) is 7.40. The Morgan fingerprint density at radius 1 is 1.00 bits per heavy atom. The van der Waals surface area contributed by atoms with Gasteiger partial charge in [-0.05, 0) is 12.8 Å². The van der Waals surface area contributed by atoms with Crippen LogP contribution in [-0.2, 0) is 25.8 Å². The summed E-state index contributed by atoms with van der Waals surface area (Å²) < 4.78 is 0. The molecule has 0 saturated heterocycles. The van der Waals surface area contributed by atoms with Gasteiger partial charge in [-0.15, -0.1) is 12.1 Å². The number of hydrogen-bond acceptors (Lipinski definition) is 0. The standard InChI is InChI=1S/C13H22N.2C2H6N.CH3.Hf/c1-13(2,3)14-11-7-6-10-12-8-4-5-9-12;2*1-3-2;;/h4-5,8H,6-7,9-11H2,1-3H3;2*1-2H3;1H3;/q4*-1;+4. The third kappa shape index (κ3) is 28.4. The molecule has 0 fully saturated rings. The average molecular weight is 474 g/mol. The Balaban J connectivity index is -0.000000176. The summed E-state index contributed by atoms with van der Waals surface area (Å²) >= 11 is 0. The van der Waals surface area contributed by atoms with E-state index in [1.54, 1.807) is 33.8 Å². The van der Waals surface area contributed by atoms with Gasteiger partial charge in [-0.3, -0.25) is 0 Å². The maximum absolute atomic E-state index is 4.59. The maximum atomic E-state index is 4.59. The smallest absolute Gasteiger partial charge is 0.668 e. The van der Waals surface area contributed by atoms with Gasteiger partial charge in [0.2, 0.25) is 0 Å². The van der Waals surface area contributed by atoms with Crippen LogP contribution in [0, 0.1) is 7.43 Å². The van der Waals surface area contributed by atoms with Crippen molar-refractivity contribution >= 4 is 0 Å². The van der Waals surface area contributed by atoms with Crippen molar-refractivity contribution in [1.82, 2.24) is 0 Å². The zero-order valence-electron chi connectivity index (χ0n) is 16.1. The topological polar surface area (TPSA) is 42.3 Å². The molecule has 0 aromatic heterocycles. The first-order valence-corrected chi connectivity index (χ1v) is 7.40. The molecule has 0 saturated carbocycles. The molecule has 0 aliphatic heterocycles.